The third-order valence-corrected chi connectivity index (χ3v) is 13.6. The highest BCUT2D eigenvalue weighted by Crippen LogP contribution is 2.49. The van der Waals surface area contributed by atoms with Crippen molar-refractivity contribution in [3.63, 3.8) is 0 Å². The van der Waals surface area contributed by atoms with Crippen LogP contribution in [0.5, 0.6) is 0 Å². The van der Waals surface area contributed by atoms with E-state index in [0.717, 1.165) is 5.92 Å². The van der Waals surface area contributed by atoms with Crippen molar-refractivity contribution in [1.29, 1.82) is 0 Å². The van der Waals surface area contributed by atoms with Gasteiger partial charge in [0.2, 0.25) is 0 Å². The van der Waals surface area contributed by atoms with Crippen LogP contribution in [0, 0.1) is 33.0 Å². The Morgan fingerprint density at radius 3 is 0.738 bits per heavy atom. The second-order valence-corrected chi connectivity index (χ2v) is 19.6. The molecule has 0 amide bonds. The number of hydrogen-bond acceptors (Lipinski definition) is 3. The highest BCUT2D eigenvalue weighted by molar-refractivity contribution is 5.00. The fourth-order valence-corrected chi connectivity index (χ4v) is 6.02. The van der Waals surface area contributed by atoms with Crippen molar-refractivity contribution in [1.82, 2.24) is 14.7 Å². The number of hydrogen-bond donors (Lipinski definition) is 0. The summed E-state index contributed by atoms with van der Waals surface area (Å²) in [4.78, 5) is 8.09. The molecule has 42 heavy (non-hydrogen) atoms. The lowest BCUT2D eigenvalue weighted by Crippen LogP contribution is -2.64. The summed E-state index contributed by atoms with van der Waals surface area (Å²) >= 11 is 0. The molecule has 0 unspecified atom stereocenters. The largest absolute Gasteiger partial charge is 0.298 e. The maximum absolute atomic E-state index is 2.72. The van der Waals surface area contributed by atoms with Gasteiger partial charge in [0.05, 0.1) is 0 Å². The zero-order chi connectivity index (χ0) is 32.0. The monoisotopic (exact) mass is 596 g/mol. The fourth-order valence-electron chi connectivity index (χ4n) is 6.02. The van der Waals surface area contributed by atoms with Crippen LogP contribution in [-0.4, -0.2) is 70.6 Å². The van der Waals surface area contributed by atoms with Crippen LogP contribution in [0.4, 0.5) is 0 Å². The van der Waals surface area contributed by atoms with Gasteiger partial charge in [0.25, 0.3) is 0 Å². The lowest BCUT2D eigenvalue weighted by molar-refractivity contribution is -0.0590. The summed E-state index contributed by atoms with van der Waals surface area (Å²) < 4.78 is 0. The van der Waals surface area contributed by atoms with E-state index in [-0.39, 0.29) is 31.5 Å². The van der Waals surface area contributed by atoms with Crippen LogP contribution in [-0.2, 0) is 0 Å². The van der Waals surface area contributed by atoms with Gasteiger partial charge in [-0.15, -0.1) is 0 Å². The Hall–Kier alpha value is -0.120. The van der Waals surface area contributed by atoms with E-state index in [2.05, 4.69) is 153 Å². The molecule has 0 spiro atoms. The molecule has 2 heterocycles. The van der Waals surface area contributed by atoms with Crippen molar-refractivity contribution < 1.29 is 0 Å². The molecule has 0 atom stereocenters. The van der Waals surface area contributed by atoms with Gasteiger partial charge in [-0.05, 0) is 100 Å². The van der Waals surface area contributed by atoms with Crippen molar-refractivity contribution in [2.75, 3.05) is 39.3 Å². The molecule has 2 rings (SSSR count). The van der Waals surface area contributed by atoms with E-state index in [1.165, 1.54) is 52.1 Å². The molecule has 256 valence electrons. The van der Waals surface area contributed by atoms with Gasteiger partial charge in [0.1, 0.15) is 0 Å². The highest BCUT2D eigenvalue weighted by Gasteiger charge is 2.46. The minimum atomic E-state index is 0. The Morgan fingerprint density at radius 1 is 0.333 bits per heavy atom. The van der Waals surface area contributed by atoms with Crippen LogP contribution in [0.2, 0.25) is 0 Å². The van der Waals surface area contributed by atoms with E-state index < -0.39 is 0 Å². The molecule has 2 saturated heterocycles. The first-order valence-electron chi connectivity index (χ1n) is 16.7. The highest BCUT2D eigenvalue weighted by atomic mass is 15.3. The van der Waals surface area contributed by atoms with Crippen LogP contribution in [0.1, 0.15) is 166 Å². The summed E-state index contributed by atoms with van der Waals surface area (Å²) in [6, 6.07) is 0. The third kappa shape index (κ3) is 9.45. The molecular formula is C39H85N3. The van der Waals surface area contributed by atoms with Gasteiger partial charge in [-0.2, -0.15) is 0 Å². The van der Waals surface area contributed by atoms with Gasteiger partial charge in [0.15, 0.2) is 0 Å². The number of likely N-dealkylation sites (tertiary alicyclic amines) is 1. The molecule has 0 saturated carbocycles. The predicted molar refractivity (Wildman–Crippen MR) is 195 cm³/mol. The number of rotatable bonds is 4. The number of nitrogens with zero attached hydrogens (tertiary/aromatic N) is 3. The van der Waals surface area contributed by atoms with Gasteiger partial charge < -0.3 is 0 Å². The summed E-state index contributed by atoms with van der Waals surface area (Å²) in [6.07, 6.45) is 2.70. The SMILES string of the molecule is C.C.CC(C)(C)C(C)(C)C1CCN(C(C)(C)C(C)(C)C)CC1.CC(C)(C)C(C)(C)N1CCN(C(C)(C)C(C)(C)C)CC1. The van der Waals surface area contributed by atoms with Crippen molar-refractivity contribution in [3.8, 4) is 0 Å². The molecule has 3 nitrogen and oxygen atoms in total. The van der Waals surface area contributed by atoms with Crippen LogP contribution in [0.25, 0.3) is 0 Å². The maximum Gasteiger partial charge on any atom is 0.0202 e. The fraction of sp³-hybridized carbons (Fsp3) is 1.00. The van der Waals surface area contributed by atoms with Gasteiger partial charge >= 0.3 is 0 Å². The Morgan fingerprint density at radius 2 is 0.548 bits per heavy atom. The lowest BCUT2D eigenvalue weighted by Gasteiger charge is -2.55. The summed E-state index contributed by atoms with van der Waals surface area (Å²) in [5.41, 5.74) is 2.56. The zero-order valence-corrected chi connectivity index (χ0v) is 31.6. The third-order valence-electron chi connectivity index (χ3n) is 13.6. The Kier molecular flexibility index (Phi) is 14.8. The van der Waals surface area contributed by atoms with Crippen LogP contribution in [0.15, 0.2) is 0 Å². The molecule has 0 radical (unpaired) electrons. The first-order valence-corrected chi connectivity index (χ1v) is 16.7. The smallest absolute Gasteiger partial charge is 0.0202 e. The minimum absolute atomic E-state index is 0. The normalized spacial score (nSPS) is 20.3. The van der Waals surface area contributed by atoms with E-state index in [0.29, 0.717) is 27.1 Å². The lowest BCUT2D eigenvalue weighted by atomic mass is 9.59. The van der Waals surface area contributed by atoms with Crippen molar-refractivity contribution in [2.24, 2.45) is 33.0 Å². The number of piperidine rings is 1. The molecule has 0 aromatic rings. The molecule has 3 heteroatoms. The van der Waals surface area contributed by atoms with E-state index >= 15 is 0 Å². The summed E-state index contributed by atoms with van der Waals surface area (Å²) in [5.74, 6) is 0.856. The van der Waals surface area contributed by atoms with Crippen LogP contribution in [0.3, 0.4) is 0 Å². The Balaban J connectivity index is 0. The summed E-state index contributed by atoms with van der Waals surface area (Å²) in [5, 5.41) is 0. The average Bonchev–Trinajstić information content (AvgIpc) is 2.76. The van der Waals surface area contributed by atoms with E-state index in [4.69, 9.17) is 0 Å². The Bertz CT molecular complexity index is 637. The van der Waals surface area contributed by atoms with Crippen LogP contribution >= 0.6 is 0 Å². The first kappa shape index (κ1) is 44.0. The van der Waals surface area contributed by atoms with Gasteiger partial charge in [-0.3, -0.25) is 14.7 Å². The zero-order valence-electron chi connectivity index (χ0n) is 31.6. The van der Waals surface area contributed by atoms with E-state index in [1.807, 2.05) is 0 Å². The van der Waals surface area contributed by atoms with Crippen molar-refractivity contribution in [2.45, 2.75) is 183 Å². The minimum Gasteiger partial charge on any atom is -0.298 e. The van der Waals surface area contributed by atoms with Crippen molar-refractivity contribution in [3.05, 3.63) is 0 Å². The molecule has 2 aliphatic rings. The molecule has 2 aliphatic heterocycles. The molecule has 2 fully saturated rings. The summed E-state index contributed by atoms with van der Waals surface area (Å²) in [7, 11) is 0. The molecule has 0 aliphatic carbocycles. The summed E-state index contributed by atoms with van der Waals surface area (Å²) in [6.45, 7) is 55.1. The average molecular weight is 596 g/mol. The topological polar surface area (TPSA) is 9.72 Å². The molecule has 0 aromatic carbocycles. The molecule has 0 aromatic heterocycles. The predicted octanol–water partition coefficient (Wildman–Crippen LogP) is 11.1. The van der Waals surface area contributed by atoms with Gasteiger partial charge in [-0.25, -0.2) is 0 Å². The molecular weight excluding hydrogens is 510 g/mol. The van der Waals surface area contributed by atoms with Gasteiger partial charge in [0, 0.05) is 42.8 Å². The second kappa shape index (κ2) is 14.1. The quantitative estimate of drug-likeness (QED) is 0.320. The molecule has 0 N–H and O–H groups in total. The number of piperazine rings is 1. The van der Waals surface area contributed by atoms with Crippen molar-refractivity contribution >= 4 is 0 Å². The van der Waals surface area contributed by atoms with Gasteiger partial charge in [-0.1, -0.05) is 112 Å². The van der Waals surface area contributed by atoms with E-state index in [9.17, 15) is 0 Å². The van der Waals surface area contributed by atoms with Crippen LogP contribution < -0.4 is 0 Å². The first-order chi connectivity index (χ1) is 17.4. The van der Waals surface area contributed by atoms with E-state index in [1.54, 1.807) is 0 Å². The maximum atomic E-state index is 2.72. The second-order valence-electron chi connectivity index (χ2n) is 19.6. The standard InChI is InChI=1S/C19H39N.C18H38N2.2CH4/c1-16(2,3)18(7,8)15-11-13-20(14-12-15)19(9,10)17(4,5)6;1-15(2,3)17(7,8)19-11-13-20(14-12-19)18(9,10)16(4,5)6;;/h15H,11-14H2,1-10H3;11-14H2,1-10H3;2*1H4. The molecule has 0 bridgehead atoms. The Labute approximate surface area is 269 Å².